The zero-order valence-electron chi connectivity index (χ0n) is 8.35. The van der Waals surface area contributed by atoms with Gasteiger partial charge in [-0.2, -0.15) is 0 Å². The Labute approximate surface area is 84.1 Å². The molecule has 0 aromatic heterocycles. The predicted molar refractivity (Wildman–Crippen MR) is 52.9 cm³/mol. The molecule has 0 radical (unpaired) electrons. The molecule has 0 aromatic carbocycles. The molecular formula is C10H18N2O2. The van der Waals surface area contributed by atoms with Crippen LogP contribution in [-0.4, -0.2) is 41.1 Å². The fraction of sp³-hybridized carbons (Fsp3) is 0.900. The van der Waals surface area contributed by atoms with Crippen LogP contribution >= 0.6 is 0 Å². The number of aliphatic carboxylic acids is 1. The SMILES string of the molecule is NC1CCN(C(CC(=O)O)C2CC2)C1. The molecule has 0 spiro atoms. The lowest BCUT2D eigenvalue weighted by atomic mass is 10.1. The van der Waals surface area contributed by atoms with Crippen molar-refractivity contribution in [1.29, 1.82) is 0 Å². The van der Waals surface area contributed by atoms with E-state index in [4.69, 9.17) is 10.8 Å². The molecule has 1 saturated heterocycles. The van der Waals surface area contributed by atoms with E-state index in [1.165, 1.54) is 12.8 Å². The van der Waals surface area contributed by atoms with Crippen LogP contribution in [0.15, 0.2) is 0 Å². The highest BCUT2D eigenvalue weighted by Crippen LogP contribution is 2.37. The van der Waals surface area contributed by atoms with E-state index in [-0.39, 0.29) is 18.5 Å². The zero-order chi connectivity index (χ0) is 10.1. The first-order valence-electron chi connectivity index (χ1n) is 5.38. The number of carboxylic acid groups (broad SMARTS) is 1. The molecule has 2 rings (SSSR count). The minimum Gasteiger partial charge on any atom is -0.481 e. The van der Waals surface area contributed by atoms with Crippen LogP contribution in [-0.2, 0) is 4.79 Å². The fourth-order valence-electron chi connectivity index (χ4n) is 2.37. The van der Waals surface area contributed by atoms with Crippen molar-refractivity contribution >= 4 is 5.97 Å². The lowest BCUT2D eigenvalue weighted by Crippen LogP contribution is -2.38. The van der Waals surface area contributed by atoms with E-state index in [9.17, 15) is 4.79 Å². The second-order valence-electron chi connectivity index (χ2n) is 4.55. The normalized spacial score (nSPS) is 30.5. The van der Waals surface area contributed by atoms with Crippen LogP contribution in [0.2, 0.25) is 0 Å². The molecule has 0 amide bonds. The number of nitrogens with zero attached hydrogens (tertiary/aromatic N) is 1. The van der Waals surface area contributed by atoms with E-state index < -0.39 is 5.97 Å². The molecule has 1 aliphatic carbocycles. The van der Waals surface area contributed by atoms with Gasteiger partial charge in [0.15, 0.2) is 0 Å². The molecule has 14 heavy (non-hydrogen) atoms. The quantitative estimate of drug-likeness (QED) is 0.680. The molecule has 1 aliphatic heterocycles. The van der Waals surface area contributed by atoms with Gasteiger partial charge in [0, 0.05) is 25.2 Å². The van der Waals surface area contributed by atoms with Gasteiger partial charge in [-0.25, -0.2) is 0 Å². The molecule has 1 heterocycles. The Morgan fingerprint density at radius 3 is 2.64 bits per heavy atom. The maximum absolute atomic E-state index is 10.7. The van der Waals surface area contributed by atoms with Crippen molar-refractivity contribution in [2.24, 2.45) is 11.7 Å². The van der Waals surface area contributed by atoms with Crippen molar-refractivity contribution in [3.05, 3.63) is 0 Å². The second kappa shape index (κ2) is 3.87. The first kappa shape index (κ1) is 9.93. The van der Waals surface area contributed by atoms with Crippen molar-refractivity contribution in [3.8, 4) is 0 Å². The van der Waals surface area contributed by atoms with Crippen LogP contribution in [0.1, 0.15) is 25.7 Å². The Morgan fingerprint density at radius 2 is 2.21 bits per heavy atom. The average Bonchev–Trinajstić information content (AvgIpc) is 2.85. The highest BCUT2D eigenvalue weighted by molar-refractivity contribution is 5.67. The number of rotatable bonds is 4. The van der Waals surface area contributed by atoms with Gasteiger partial charge < -0.3 is 10.8 Å². The molecule has 2 unspecified atom stereocenters. The summed E-state index contributed by atoms with van der Waals surface area (Å²) in [4.78, 5) is 13.0. The molecule has 4 heteroatoms. The molecule has 1 saturated carbocycles. The van der Waals surface area contributed by atoms with Gasteiger partial charge in [-0.05, 0) is 25.2 Å². The van der Waals surface area contributed by atoms with Crippen LogP contribution < -0.4 is 5.73 Å². The number of carboxylic acids is 1. The highest BCUT2D eigenvalue weighted by Gasteiger charge is 2.38. The van der Waals surface area contributed by atoms with Crippen LogP contribution in [0.3, 0.4) is 0 Å². The maximum Gasteiger partial charge on any atom is 0.304 e. The molecule has 3 N–H and O–H groups in total. The number of hydrogen-bond acceptors (Lipinski definition) is 3. The Bertz CT molecular complexity index is 228. The van der Waals surface area contributed by atoms with E-state index in [0.717, 1.165) is 19.5 Å². The summed E-state index contributed by atoms with van der Waals surface area (Å²) in [6.45, 7) is 1.87. The number of hydrogen-bond donors (Lipinski definition) is 2. The van der Waals surface area contributed by atoms with E-state index in [2.05, 4.69) is 4.90 Å². The summed E-state index contributed by atoms with van der Waals surface area (Å²) in [5, 5.41) is 8.83. The fourth-order valence-corrected chi connectivity index (χ4v) is 2.37. The van der Waals surface area contributed by atoms with Gasteiger partial charge in [0.2, 0.25) is 0 Å². The van der Waals surface area contributed by atoms with Gasteiger partial charge in [0.05, 0.1) is 6.42 Å². The molecule has 2 aliphatic rings. The van der Waals surface area contributed by atoms with Gasteiger partial charge in [-0.1, -0.05) is 0 Å². The predicted octanol–water partition coefficient (Wildman–Crippen LogP) is 0.273. The van der Waals surface area contributed by atoms with Gasteiger partial charge in [0.1, 0.15) is 0 Å². The van der Waals surface area contributed by atoms with E-state index in [1.807, 2.05) is 0 Å². The molecule has 4 nitrogen and oxygen atoms in total. The van der Waals surface area contributed by atoms with Crippen molar-refractivity contribution in [3.63, 3.8) is 0 Å². The third-order valence-corrected chi connectivity index (χ3v) is 3.28. The third kappa shape index (κ3) is 2.25. The minimum absolute atomic E-state index is 0.251. The van der Waals surface area contributed by atoms with Crippen LogP contribution in [0.4, 0.5) is 0 Å². The monoisotopic (exact) mass is 198 g/mol. The van der Waals surface area contributed by atoms with Crippen molar-refractivity contribution in [1.82, 2.24) is 4.90 Å². The van der Waals surface area contributed by atoms with Crippen molar-refractivity contribution in [2.45, 2.75) is 37.8 Å². The Kier molecular flexibility index (Phi) is 2.74. The summed E-state index contributed by atoms with van der Waals surface area (Å²) in [6.07, 6.45) is 3.70. The topological polar surface area (TPSA) is 66.6 Å². The van der Waals surface area contributed by atoms with E-state index >= 15 is 0 Å². The Morgan fingerprint density at radius 1 is 1.50 bits per heavy atom. The van der Waals surface area contributed by atoms with Gasteiger partial charge in [0.25, 0.3) is 0 Å². The number of nitrogens with two attached hydrogens (primary N) is 1. The molecule has 0 bridgehead atoms. The lowest BCUT2D eigenvalue weighted by molar-refractivity contribution is -0.138. The molecule has 80 valence electrons. The standard InChI is InChI=1S/C10H18N2O2/c11-8-3-4-12(6-8)9(5-10(13)14)7-1-2-7/h7-9H,1-6,11H2,(H,13,14). The molecular weight excluding hydrogens is 180 g/mol. The summed E-state index contributed by atoms with van der Waals surface area (Å²) in [6, 6.07) is 0.506. The first-order valence-corrected chi connectivity index (χ1v) is 5.38. The van der Waals surface area contributed by atoms with E-state index in [1.54, 1.807) is 0 Å². The largest absolute Gasteiger partial charge is 0.481 e. The smallest absolute Gasteiger partial charge is 0.304 e. The highest BCUT2D eigenvalue weighted by atomic mass is 16.4. The average molecular weight is 198 g/mol. The zero-order valence-corrected chi connectivity index (χ0v) is 8.35. The van der Waals surface area contributed by atoms with Crippen LogP contribution in [0.5, 0.6) is 0 Å². The summed E-state index contributed by atoms with van der Waals surface area (Å²) >= 11 is 0. The molecule has 0 aromatic rings. The van der Waals surface area contributed by atoms with Crippen LogP contribution in [0.25, 0.3) is 0 Å². The lowest BCUT2D eigenvalue weighted by Gasteiger charge is -2.26. The molecule has 2 atom stereocenters. The van der Waals surface area contributed by atoms with Crippen LogP contribution in [0, 0.1) is 5.92 Å². The van der Waals surface area contributed by atoms with Gasteiger partial charge >= 0.3 is 5.97 Å². The third-order valence-electron chi connectivity index (χ3n) is 3.28. The van der Waals surface area contributed by atoms with Gasteiger partial charge in [-0.3, -0.25) is 9.69 Å². The minimum atomic E-state index is -0.678. The summed E-state index contributed by atoms with van der Waals surface area (Å²) in [7, 11) is 0. The maximum atomic E-state index is 10.7. The summed E-state index contributed by atoms with van der Waals surface area (Å²) in [5.41, 5.74) is 5.83. The van der Waals surface area contributed by atoms with Gasteiger partial charge in [-0.15, -0.1) is 0 Å². The Hall–Kier alpha value is -0.610. The molecule has 2 fully saturated rings. The second-order valence-corrected chi connectivity index (χ2v) is 4.55. The van der Waals surface area contributed by atoms with Crippen molar-refractivity contribution < 1.29 is 9.90 Å². The summed E-state index contributed by atoms with van der Waals surface area (Å²) in [5.74, 6) is -0.0567. The first-order chi connectivity index (χ1) is 6.66. The number of likely N-dealkylation sites (tertiary alicyclic amines) is 1. The number of carbonyl (C=O) groups is 1. The van der Waals surface area contributed by atoms with Crippen molar-refractivity contribution in [2.75, 3.05) is 13.1 Å². The summed E-state index contributed by atoms with van der Waals surface area (Å²) < 4.78 is 0. The van der Waals surface area contributed by atoms with E-state index in [0.29, 0.717) is 5.92 Å². The Balaban J connectivity index is 1.92.